The third kappa shape index (κ3) is 2.15. The zero-order valence-electron chi connectivity index (χ0n) is 10.2. The lowest BCUT2D eigenvalue weighted by molar-refractivity contribution is 0.873. The number of aryl methyl sites for hydroxylation is 1. The lowest BCUT2D eigenvalue weighted by atomic mass is 9.96. The Kier molecular flexibility index (Phi) is 3.11. The molecule has 3 N–H and O–H groups in total. The maximum atomic E-state index is 6.04. The predicted molar refractivity (Wildman–Crippen MR) is 72.3 cm³/mol. The first kappa shape index (κ1) is 12.0. The van der Waals surface area contributed by atoms with Crippen molar-refractivity contribution in [2.24, 2.45) is 0 Å². The Balaban J connectivity index is 2.64. The molecule has 0 saturated carbocycles. The van der Waals surface area contributed by atoms with E-state index in [1.807, 2.05) is 25.1 Å². The Morgan fingerprint density at radius 3 is 2.71 bits per heavy atom. The molecule has 0 amide bonds. The highest BCUT2D eigenvalue weighted by Crippen LogP contribution is 2.34. The molecule has 0 aliphatic heterocycles. The standard InChI is InChI=1S/C13H16ClN3/c1-7(2)11-12(16-17-13(11)15)10-6-9(14)5-4-8(10)3/h4-7H,1-3H3,(H3,15,16,17). The highest BCUT2D eigenvalue weighted by atomic mass is 35.5. The summed E-state index contributed by atoms with van der Waals surface area (Å²) in [5.74, 6) is 0.886. The van der Waals surface area contributed by atoms with E-state index in [0.717, 1.165) is 22.4 Å². The lowest BCUT2D eigenvalue weighted by Crippen LogP contribution is -1.96. The van der Waals surface area contributed by atoms with Crippen LogP contribution in [0.15, 0.2) is 18.2 Å². The van der Waals surface area contributed by atoms with Gasteiger partial charge in [-0.15, -0.1) is 0 Å². The summed E-state index contributed by atoms with van der Waals surface area (Å²) in [5.41, 5.74) is 10.1. The lowest BCUT2D eigenvalue weighted by Gasteiger charge is -2.10. The highest BCUT2D eigenvalue weighted by molar-refractivity contribution is 6.30. The molecule has 4 heteroatoms. The van der Waals surface area contributed by atoms with E-state index in [9.17, 15) is 0 Å². The van der Waals surface area contributed by atoms with Crippen molar-refractivity contribution in [2.45, 2.75) is 26.7 Å². The van der Waals surface area contributed by atoms with E-state index in [1.165, 1.54) is 0 Å². The van der Waals surface area contributed by atoms with E-state index < -0.39 is 0 Å². The predicted octanol–water partition coefficient (Wildman–Crippen LogP) is 3.74. The molecule has 17 heavy (non-hydrogen) atoms. The second kappa shape index (κ2) is 4.41. The van der Waals surface area contributed by atoms with Gasteiger partial charge in [-0.2, -0.15) is 5.10 Å². The zero-order chi connectivity index (χ0) is 12.6. The van der Waals surface area contributed by atoms with Crippen molar-refractivity contribution in [2.75, 3.05) is 5.73 Å². The molecule has 0 atom stereocenters. The molecule has 0 saturated heterocycles. The van der Waals surface area contributed by atoms with Crippen LogP contribution in [-0.4, -0.2) is 10.2 Å². The summed E-state index contributed by atoms with van der Waals surface area (Å²) in [4.78, 5) is 0. The third-order valence-electron chi connectivity index (χ3n) is 2.88. The molecule has 0 radical (unpaired) electrons. The molecule has 2 aromatic rings. The minimum atomic E-state index is 0.321. The van der Waals surface area contributed by atoms with Crippen LogP contribution in [0, 0.1) is 6.92 Å². The summed E-state index contributed by atoms with van der Waals surface area (Å²) in [6, 6.07) is 5.82. The number of hydrogen-bond acceptors (Lipinski definition) is 2. The van der Waals surface area contributed by atoms with E-state index in [1.54, 1.807) is 0 Å². The zero-order valence-corrected chi connectivity index (χ0v) is 11.0. The molecule has 2 rings (SSSR count). The van der Waals surface area contributed by atoms with E-state index in [0.29, 0.717) is 16.8 Å². The van der Waals surface area contributed by atoms with Crippen LogP contribution in [0.5, 0.6) is 0 Å². The summed E-state index contributed by atoms with van der Waals surface area (Å²) < 4.78 is 0. The Morgan fingerprint density at radius 1 is 1.35 bits per heavy atom. The summed E-state index contributed by atoms with van der Waals surface area (Å²) >= 11 is 6.04. The molecule has 90 valence electrons. The van der Waals surface area contributed by atoms with Crippen LogP contribution in [0.1, 0.15) is 30.9 Å². The van der Waals surface area contributed by atoms with Crippen molar-refractivity contribution >= 4 is 17.4 Å². The SMILES string of the molecule is Cc1ccc(Cl)cc1-c1[nH]nc(N)c1C(C)C. The van der Waals surface area contributed by atoms with Crippen molar-refractivity contribution in [3.8, 4) is 11.3 Å². The van der Waals surface area contributed by atoms with Gasteiger partial charge in [-0.25, -0.2) is 0 Å². The minimum absolute atomic E-state index is 0.321. The number of rotatable bonds is 2. The van der Waals surface area contributed by atoms with Gasteiger partial charge < -0.3 is 5.73 Å². The van der Waals surface area contributed by atoms with Crippen molar-refractivity contribution in [1.82, 2.24) is 10.2 Å². The number of aromatic amines is 1. The normalized spacial score (nSPS) is 11.1. The minimum Gasteiger partial charge on any atom is -0.382 e. The van der Waals surface area contributed by atoms with Gasteiger partial charge in [-0.3, -0.25) is 5.10 Å². The van der Waals surface area contributed by atoms with Crippen LogP contribution < -0.4 is 5.73 Å². The molecule has 0 unspecified atom stereocenters. The molecule has 1 aromatic heterocycles. The quantitative estimate of drug-likeness (QED) is 0.852. The smallest absolute Gasteiger partial charge is 0.149 e. The largest absolute Gasteiger partial charge is 0.382 e. The molecule has 0 fully saturated rings. The van der Waals surface area contributed by atoms with E-state index >= 15 is 0 Å². The number of nitrogens with one attached hydrogen (secondary N) is 1. The molecule has 0 aliphatic rings. The van der Waals surface area contributed by atoms with Crippen molar-refractivity contribution in [3.05, 3.63) is 34.3 Å². The van der Waals surface area contributed by atoms with E-state index in [2.05, 4.69) is 24.0 Å². The highest BCUT2D eigenvalue weighted by Gasteiger charge is 2.17. The topological polar surface area (TPSA) is 54.7 Å². The molecular weight excluding hydrogens is 234 g/mol. The Labute approximate surface area is 106 Å². The first-order valence-corrected chi connectivity index (χ1v) is 5.98. The first-order valence-electron chi connectivity index (χ1n) is 5.61. The van der Waals surface area contributed by atoms with Gasteiger partial charge in [0, 0.05) is 16.1 Å². The Morgan fingerprint density at radius 2 is 2.06 bits per heavy atom. The van der Waals surface area contributed by atoms with Crippen molar-refractivity contribution in [1.29, 1.82) is 0 Å². The second-order valence-electron chi connectivity index (χ2n) is 4.51. The summed E-state index contributed by atoms with van der Waals surface area (Å²) in [7, 11) is 0. The van der Waals surface area contributed by atoms with Gasteiger partial charge in [0.25, 0.3) is 0 Å². The maximum absolute atomic E-state index is 6.04. The van der Waals surface area contributed by atoms with Crippen LogP contribution in [0.4, 0.5) is 5.82 Å². The summed E-state index contributed by atoms with van der Waals surface area (Å²) in [6.07, 6.45) is 0. The van der Waals surface area contributed by atoms with Gasteiger partial charge in [0.1, 0.15) is 5.82 Å². The van der Waals surface area contributed by atoms with Crippen LogP contribution in [0.2, 0.25) is 5.02 Å². The summed E-state index contributed by atoms with van der Waals surface area (Å²) in [6.45, 7) is 6.25. The van der Waals surface area contributed by atoms with Crippen LogP contribution in [-0.2, 0) is 0 Å². The number of halogens is 1. The van der Waals surface area contributed by atoms with Crippen molar-refractivity contribution < 1.29 is 0 Å². The molecule has 3 nitrogen and oxygen atoms in total. The number of nitrogen functional groups attached to an aromatic ring is 1. The summed E-state index contributed by atoms with van der Waals surface area (Å²) in [5, 5.41) is 7.82. The number of hydrogen-bond donors (Lipinski definition) is 2. The fourth-order valence-corrected chi connectivity index (χ4v) is 2.19. The van der Waals surface area contributed by atoms with Gasteiger partial charge >= 0.3 is 0 Å². The van der Waals surface area contributed by atoms with Gasteiger partial charge in [0.15, 0.2) is 0 Å². The van der Waals surface area contributed by atoms with Gasteiger partial charge in [0.05, 0.1) is 5.69 Å². The molecule has 0 spiro atoms. The molecular formula is C13H16ClN3. The Hall–Kier alpha value is -1.48. The fraction of sp³-hybridized carbons (Fsp3) is 0.308. The van der Waals surface area contributed by atoms with Gasteiger partial charge in [-0.05, 0) is 30.5 Å². The first-order chi connectivity index (χ1) is 8.00. The van der Waals surface area contributed by atoms with Gasteiger partial charge in [-0.1, -0.05) is 31.5 Å². The number of nitrogens with zero attached hydrogens (tertiary/aromatic N) is 1. The number of nitrogens with two attached hydrogens (primary N) is 1. The van der Waals surface area contributed by atoms with Crippen molar-refractivity contribution in [3.63, 3.8) is 0 Å². The molecule has 1 aromatic carbocycles. The average molecular weight is 250 g/mol. The number of anilines is 1. The number of benzene rings is 1. The Bertz CT molecular complexity index is 544. The van der Waals surface area contributed by atoms with Crippen LogP contribution in [0.25, 0.3) is 11.3 Å². The molecule has 0 bridgehead atoms. The maximum Gasteiger partial charge on any atom is 0.149 e. The van der Waals surface area contributed by atoms with Crippen LogP contribution >= 0.6 is 11.6 Å². The second-order valence-corrected chi connectivity index (χ2v) is 4.95. The van der Waals surface area contributed by atoms with E-state index in [4.69, 9.17) is 17.3 Å². The number of aromatic nitrogens is 2. The van der Waals surface area contributed by atoms with Crippen LogP contribution in [0.3, 0.4) is 0 Å². The monoisotopic (exact) mass is 249 g/mol. The third-order valence-corrected chi connectivity index (χ3v) is 3.11. The van der Waals surface area contributed by atoms with Gasteiger partial charge in [0.2, 0.25) is 0 Å². The average Bonchev–Trinajstić information content (AvgIpc) is 2.64. The van der Waals surface area contributed by atoms with E-state index in [-0.39, 0.29) is 0 Å². The molecule has 1 heterocycles. The molecule has 0 aliphatic carbocycles. The number of H-pyrrole nitrogens is 1. The fourth-order valence-electron chi connectivity index (χ4n) is 2.02.